The van der Waals surface area contributed by atoms with Crippen LogP contribution < -0.4 is 10.7 Å². The highest BCUT2D eigenvalue weighted by molar-refractivity contribution is 5.87. The zero-order valence-electron chi connectivity index (χ0n) is 10.7. The van der Waals surface area contributed by atoms with Gasteiger partial charge in [-0.05, 0) is 13.3 Å². The molecule has 0 spiro atoms. The molecule has 0 saturated carbocycles. The van der Waals surface area contributed by atoms with Crippen LogP contribution in [0.2, 0.25) is 0 Å². The predicted molar refractivity (Wildman–Crippen MR) is 72.2 cm³/mol. The maximum atomic E-state index is 9.91. The summed E-state index contributed by atoms with van der Waals surface area (Å²) in [5, 5.41) is 26.2. The molecule has 0 aliphatic carbocycles. The molecule has 0 bridgehead atoms. The molecule has 0 radical (unpaired) electrons. The Hall–Kier alpha value is -2.15. The fourth-order valence-corrected chi connectivity index (χ4v) is 1.69. The van der Waals surface area contributed by atoms with E-state index in [9.17, 15) is 10.2 Å². The second kappa shape index (κ2) is 6.14. The fourth-order valence-electron chi connectivity index (χ4n) is 1.69. The van der Waals surface area contributed by atoms with Crippen LogP contribution in [0.15, 0.2) is 16.3 Å². The summed E-state index contributed by atoms with van der Waals surface area (Å²) in [6.07, 6.45) is 3.98. The van der Waals surface area contributed by atoms with Crippen molar-refractivity contribution in [1.82, 2.24) is 15.7 Å². The van der Waals surface area contributed by atoms with E-state index < -0.39 is 0 Å². The lowest BCUT2D eigenvalue weighted by atomic mass is 10.1. The Kier molecular flexibility index (Phi) is 4.30. The van der Waals surface area contributed by atoms with Crippen LogP contribution >= 0.6 is 0 Å². The van der Waals surface area contributed by atoms with E-state index >= 15 is 0 Å². The summed E-state index contributed by atoms with van der Waals surface area (Å²) in [5.74, 6) is 0.633. The molecule has 1 aliphatic heterocycles. The normalized spacial score (nSPS) is 15.2. The Labute approximate surface area is 111 Å². The van der Waals surface area contributed by atoms with E-state index in [1.165, 1.54) is 12.4 Å². The zero-order chi connectivity index (χ0) is 13.7. The number of aliphatic imine (C=N–C) groups is 1. The molecular weight excluding hydrogens is 246 g/mol. The van der Waals surface area contributed by atoms with Crippen molar-refractivity contribution in [3.05, 3.63) is 23.0 Å². The largest absolute Gasteiger partial charge is 0.505 e. The van der Waals surface area contributed by atoms with Gasteiger partial charge in [0.05, 0.1) is 18.5 Å². The molecule has 7 heteroatoms. The van der Waals surface area contributed by atoms with E-state index in [0.717, 1.165) is 19.5 Å². The van der Waals surface area contributed by atoms with Gasteiger partial charge in [-0.15, -0.1) is 0 Å². The number of hydrazone groups is 1. The average Bonchev–Trinajstić information content (AvgIpc) is 2.45. The van der Waals surface area contributed by atoms with Gasteiger partial charge in [0.25, 0.3) is 0 Å². The van der Waals surface area contributed by atoms with Gasteiger partial charge in [0.2, 0.25) is 5.96 Å². The fraction of sp³-hybridized carbons (Fsp3) is 0.417. The number of aryl methyl sites for hydroxylation is 1. The number of rotatable bonds is 3. The number of nitrogens with zero attached hydrogens (tertiary/aromatic N) is 3. The number of aromatic nitrogens is 1. The highest BCUT2D eigenvalue weighted by atomic mass is 16.3. The van der Waals surface area contributed by atoms with Gasteiger partial charge in [0, 0.05) is 30.4 Å². The molecule has 1 aromatic rings. The third-order valence-electron chi connectivity index (χ3n) is 2.79. The minimum atomic E-state index is -0.207. The number of guanidine groups is 1. The first-order valence-electron chi connectivity index (χ1n) is 6.08. The first-order valence-corrected chi connectivity index (χ1v) is 6.08. The lowest BCUT2D eigenvalue weighted by molar-refractivity contribution is 0.280. The van der Waals surface area contributed by atoms with Crippen LogP contribution in [0.1, 0.15) is 23.2 Å². The van der Waals surface area contributed by atoms with Crippen LogP contribution in [-0.4, -0.2) is 40.5 Å². The second-order valence-electron chi connectivity index (χ2n) is 4.17. The number of hydrogen-bond donors (Lipinski definition) is 4. The lowest BCUT2D eigenvalue weighted by Crippen LogP contribution is -2.38. The Bertz CT molecular complexity index is 513. The van der Waals surface area contributed by atoms with Gasteiger partial charge in [-0.3, -0.25) is 9.98 Å². The van der Waals surface area contributed by atoms with E-state index in [1.54, 1.807) is 6.92 Å². The Balaban J connectivity index is 2.13. The van der Waals surface area contributed by atoms with Crippen molar-refractivity contribution < 1.29 is 10.2 Å². The Morgan fingerprint density at radius 2 is 2.42 bits per heavy atom. The number of pyridine rings is 1. The number of hydrogen-bond acceptors (Lipinski definition) is 7. The first-order chi connectivity index (χ1) is 9.22. The van der Waals surface area contributed by atoms with Crippen LogP contribution in [0, 0.1) is 6.92 Å². The summed E-state index contributed by atoms with van der Waals surface area (Å²) < 4.78 is 0. The minimum Gasteiger partial charge on any atom is -0.505 e. The van der Waals surface area contributed by atoms with E-state index in [4.69, 9.17) is 0 Å². The van der Waals surface area contributed by atoms with Crippen LogP contribution in [0.3, 0.4) is 0 Å². The first kappa shape index (κ1) is 13.3. The van der Waals surface area contributed by atoms with Crippen molar-refractivity contribution in [3.8, 4) is 5.75 Å². The van der Waals surface area contributed by atoms with E-state index in [1.807, 2.05) is 0 Å². The molecule has 1 aliphatic rings. The Morgan fingerprint density at radius 3 is 3.11 bits per heavy atom. The molecular formula is C12H17N5O2. The summed E-state index contributed by atoms with van der Waals surface area (Å²) >= 11 is 0. The van der Waals surface area contributed by atoms with Crippen LogP contribution in [0.25, 0.3) is 0 Å². The van der Waals surface area contributed by atoms with Gasteiger partial charge < -0.3 is 15.5 Å². The van der Waals surface area contributed by atoms with Crippen molar-refractivity contribution >= 4 is 12.2 Å². The van der Waals surface area contributed by atoms with Gasteiger partial charge in [-0.25, -0.2) is 5.43 Å². The number of aliphatic hydroxyl groups excluding tert-OH is 1. The van der Waals surface area contributed by atoms with Crippen LogP contribution in [0.5, 0.6) is 5.75 Å². The molecule has 2 heterocycles. The average molecular weight is 263 g/mol. The monoisotopic (exact) mass is 263 g/mol. The summed E-state index contributed by atoms with van der Waals surface area (Å²) in [5.41, 5.74) is 4.23. The zero-order valence-corrected chi connectivity index (χ0v) is 10.7. The Morgan fingerprint density at radius 1 is 1.58 bits per heavy atom. The molecule has 2 rings (SSSR count). The highest BCUT2D eigenvalue weighted by Crippen LogP contribution is 2.21. The van der Waals surface area contributed by atoms with Gasteiger partial charge in [0.1, 0.15) is 5.75 Å². The molecule has 102 valence electrons. The van der Waals surface area contributed by atoms with Crippen molar-refractivity contribution in [2.24, 2.45) is 10.1 Å². The third kappa shape index (κ3) is 3.19. The number of nitrogens with one attached hydrogen (secondary N) is 2. The molecule has 0 saturated heterocycles. The van der Waals surface area contributed by atoms with Crippen molar-refractivity contribution in [2.75, 3.05) is 13.1 Å². The second-order valence-corrected chi connectivity index (χ2v) is 4.17. The van der Waals surface area contributed by atoms with E-state index in [2.05, 4.69) is 25.8 Å². The number of aromatic hydroxyl groups is 1. The summed E-state index contributed by atoms with van der Waals surface area (Å²) in [6.45, 7) is 3.12. The van der Waals surface area contributed by atoms with Gasteiger partial charge in [-0.1, -0.05) is 0 Å². The molecule has 19 heavy (non-hydrogen) atoms. The van der Waals surface area contributed by atoms with E-state index in [-0.39, 0.29) is 12.4 Å². The smallest absolute Gasteiger partial charge is 0.212 e. The molecule has 0 atom stereocenters. The van der Waals surface area contributed by atoms with Gasteiger partial charge in [-0.2, -0.15) is 5.10 Å². The molecule has 0 fully saturated rings. The molecule has 0 aromatic carbocycles. The maximum Gasteiger partial charge on any atom is 0.212 e. The van der Waals surface area contributed by atoms with Gasteiger partial charge >= 0.3 is 0 Å². The van der Waals surface area contributed by atoms with Crippen molar-refractivity contribution in [2.45, 2.75) is 20.0 Å². The SMILES string of the molecule is Cc1ncc(CO)c(/C=N/NC2=NCCCN2)c1O. The molecule has 1 aromatic heterocycles. The van der Waals surface area contributed by atoms with Crippen LogP contribution in [0.4, 0.5) is 0 Å². The lowest BCUT2D eigenvalue weighted by Gasteiger charge is -2.13. The standard InChI is InChI=1S/C12H17N5O2/c1-8-11(19)10(9(7-18)5-15-8)6-16-17-12-13-3-2-4-14-12/h5-6,18-19H,2-4,7H2,1H3,(H2,13,14,17)/b16-6+. The predicted octanol–water partition coefficient (Wildman–Crippen LogP) is -0.139. The maximum absolute atomic E-state index is 9.91. The van der Waals surface area contributed by atoms with Crippen molar-refractivity contribution in [3.63, 3.8) is 0 Å². The molecule has 7 nitrogen and oxygen atoms in total. The minimum absolute atomic E-state index is 0.0237. The molecule has 0 unspecified atom stereocenters. The topological polar surface area (TPSA) is 102 Å². The molecule has 0 amide bonds. The highest BCUT2D eigenvalue weighted by Gasteiger charge is 2.09. The van der Waals surface area contributed by atoms with Gasteiger partial charge in [0.15, 0.2) is 0 Å². The quantitative estimate of drug-likeness (QED) is 0.449. The third-order valence-corrected chi connectivity index (χ3v) is 2.79. The summed E-state index contributed by atoms with van der Waals surface area (Å²) in [4.78, 5) is 8.18. The van der Waals surface area contributed by atoms with E-state index in [0.29, 0.717) is 22.8 Å². The summed E-state index contributed by atoms with van der Waals surface area (Å²) in [7, 11) is 0. The van der Waals surface area contributed by atoms with Crippen LogP contribution in [-0.2, 0) is 6.61 Å². The summed E-state index contributed by atoms with van der Waals surface area (Å²) in [6, 6.07) is 0. The molecule has 4 N–H and O–H groups in total. The number of aliphatic hydroxyl groups is 1. The van der Waals surface area contributed by atoms with Crippen molar-refractivity contribution in [1.29, 1.82) is 0 Å².